The highest BCUT2D eigenvalue weighted by Gasteiger charge is 2.35. The molecule has 1 amide bonds. The molecule has 0 atom stereocenters. The number of alkyl halides is 3. The lowest BCUT2D eigenvalue weighted by molar-refractivity contribution is -0.144. The highest BCUT2D eigenvalue weighted by atomic mass is 19.4. The molecule has 1 aliphatic rings. The fraction of sp³-hybridized carbons (Fsp3) is 0.667. The Kier molecular flexibility index (Phi) is 8.31. The van der Waals surface area contributed by atoms with Gasteiger partial charge in [0.2, 0.25) is 5.91 Å². The molecule has 0 aromatic heterocycles. The molecule has 1 aromatic carbocycles. The Labute approximate surface area is 169 Å². The Balaban J connectivity index is 1.73. The first-order valence-corrected chi connectivity index (χ1v) is 10.0. The molecule has 1 fully saturated rings. The molecule has 1 aliphatic heterocycles. The summed E-state index contributed by atoms with van der Waals surface area (Å²) < 4.78 is 56.5. The molecule has 1 aromatic rings. The van der Waals surface area contributed by atoms with Crippen molar-refractivity contribution in [1.29, 1.82) is 0 Å². The van der Waals surface area contributed by atoms with Gasteiger partial charge in [0.25, 0.3) is 0 Å². The van der Waals surface area contributed by atoms with Crippen LogP contribution in [0.1, 0.15) is 38.7 Å². The smallest absolute Gasteiger partial charge is 0.389 e. The van der Waals surface area contributed by atoms with Crippen molar-refractivity contribution in [3.8, 4) is 5.75 Å². The van der Waals surface area contributed by atoms with E-state index in [2.05, 4.69) is 13.8 Å². The zero-order valence-electron chi connectivity index (χ0n) is 17.3. The van der Waals surface area contributed by atoms with Gasteiger partial charge in [-0.25, -0.2) is 4.39 Å². The van der Waals surface area contributed by atoms with Crippen LogP contribution in [0.3, 0.4) is 0 Å². The van der Waals surface area contributed by atoms with Gasteiger partial charge in [0, 0.05) is 51.3 Å². The van der Waals surface area contributed by atoms with Gasteiger partial charge in [0.15, 0.2) is 0 Å². The third-order valence-electron chi connectivity index (χ3n) is 5.02. The van der Waals surface area contributed by atoms with Crippen LogP contribution in [0.2, 0.25) is 0 Å². The summed E-state index contributed by atoms with van der Waals surface area (Å²) in [5.41, 5.74) is 0.533. The van der Waals surface area contributed by atoms with Crippen LogP contribution in [0.15, 0.2) is 18.2 Å². The maximum Gasteiger partial charge on any atom is 0.389 e. The average molecular weight is 418 g/mol. The summed E-state index contributed by atoms with van der Waals surface area (Å²) in [5.74, 6) is 0.283. The van der Waals surface area contributed by atoms with Crippen LogP contribution in [0.5, 0.6) is 5.75 Å². The van der Waals surface area contributed by atoms with Gasteiger partial charge < -0.3 is 9.64 Å². The van der Waals surface area contributed by atoms with E-state index in [4.69, 9.17) is 4.74 Å². The van der Waals surface area contributed by atoms with E-state index in [1.807, 2.05) is 4.90 Å². The molecule has 4 nitrogen and oxygen atoms in total. The largest absolute Gasteiger partial charge is 0.493 e. The van der Waals surface area contributed by atoms with Crippen LogP contribution in [0.25, 0.3) is 0 Å². The van der Waals surface area contributed by atoms with E-state index in [-0.39, 0.29) is 30.6 Å². The number of benzene rings is 1. The molecule has 1 saturated heterocycles. The van der Waals surface area contributed by atoms with Gasteiger partial charge in [0.05, 0.1) is 12.5 Å². The molecule has 2 rings (SSSR count). The van der Waals surface area contributed by atoms with E-state index in [1.54, 1.807) is 12.1 Å². The van der Waals surface area contributed by atoms with Crippen LogP contribution in [0.4, 0.5) is 17.6 Å². The summed E-state index contributed by atoms with van der Waals surface area (Å²) in [6.07, 6.45) is -4.29. The predicted molar refractivity (Wildman–Crippen MR) is 103 cm³/mol. The van der Waals surface area contributed by atoms with Gasteiger partial charge in [0.1, 0.15) is 11.6 Å². The molecular formula is C21H30F4N2O2. The van der Waals surface area contributed by atoms with Crippen LogP contribution in [-0.4, -0.2) is 55.2 Å². The molecule has 8 heteroatoms. The Morgan fingerprint density at radius 2 is 2.00 bits per heavy atom. The van der Waals surface area contributed by atoms with E-state index < -0.39 is 12.6 Å². The summed E-state index contributed by atoms with van der Waals surface area (Å²) in [5, 5.41) is 0. The average Bonchev–Trinajstić information content (AvgIpc) is 2.57. The quantitative estimate of drug-likeness (QED) is 0.525. The minimum atomic E-state index is -4.20. The number of amides is 1. The molecule has 164 valence electrons. The number of carbonyl (C=O) groups is 1. The van der Waals surface area contributed by atoms with Crippen LogP contribution in [0, 0.1) is 17.7 Å². The first-order chi connectivity index (χ1) is 13.5. The Bertz CT molecular complexity index is 673. The van der Waals surface area contributed by atoms with Crippen molar-refractivity contribution in [2.24, 2.45) is 11.8 Å². The van der Waals surface area contributed by atoms with Crippen molar-refractivity contribution in [1.82, 2.24) is 9.80 Å². The van der Waals surface area contributed by atoms with E-state index in [9.17, 15) is 22.4 Å². The van der Waals surface area contributed by atoms with Crippen molar-refractivity contribution in [3.05, 3.63) is 29.6 Å². The lowest BCUT2D eigenvalue weighted by Gasteiger charge is -2.40. The molecule has 0 saturated carbocycles. The number of rotatable bonds is 10. The van der Waals surface area contributed by atoms with E-state index in [0.29, 0.717) is 43.5 Å². The van der Waals surface area contributed by atoms with Crippen LogP contribution in [-0.2, 0) is 11.3 Å². The van der Waals surface area contributed by atoms with Crippen molar-refractivity contribution < 1.29 is 27.1 Å². The number of hydrogen-bond acceptors (Lipinski definition) is 3. The van der Waals surface area contributed by atoms with Crippen molar-refractivity contribution in [2.75, 3.05) is 33.3 Å². The second-order valence-corrected chi connectivity index (χ2v) is 8.15. The molecule has 0 N–H and O–H groups in total. The fourth-order valence-corrected chi connectivity index (χ4v) is 3.19. The molecule has 0 unspecified atom stereocenters. The third-order valence-corrected chi connectivity index (χ3v) is 5.02. The predicted octanol–water partition coefficient (Wildman–Crippen LogP) is 4.48. The SMILES string of the molecule is CC(C)CCOc1ccc(CN2CC(C(=O)N(C)CCCC(F)(F)F)C2)c(F)c1. The summed E-state index contributed by atoms with van der Waals surface area (Å²) in [6.45, 7) is 6.17. The summed E-state index contributed by atoms with van der Waals surface area (Å²) in [6, 6.07) is 4.82. The number of likely N-dealkylation sites (tertiary alicyclic amines) is 1. The molecular weight excluding hydrogens is 388 g/mol. The number of halogens is 4. The minimum absolute atomic E-state index is 0.0851. The monoisotopic (exact) mass is 418 g/mol. The zero-order valence-corrected chi connectivity index (χ0v) is 17.3. The van der Waals surface area contributed by atoms with Gasteiger partial charge in [-0.15, -0.1) is 0 Å². The molecule has 0 spiro atoms. The van der Waals surface area contributed by atoms with Gasteiger partial charge in [-0.3, -0.25) is 9.69 Å². The standard InChI is InChI=1S/C21H30F4N2O2/c1-15(2)7-10-29-18-6-5-16(19(22)11-18)12-27-13-17(14-27)20(28)26(3)9-4-8-21(23,24)25/h5-6,11,15,17H,4,7-10,12-14H2,1-3H3. The van der Waals surface area contributed by atoms with Crippen molar-refractivity contribution in [3.63, 3.8) is 0 Å². The Morgan fingerprint density at radius 1 is 1.31 bits per heavy atom. The minimum Gasteiger partial charge on any atom is -0.493 e. The number of carbonyl (C=O) groups excluding carboxylic acids is 1. The molecule has 1 heterocycles. The fourth-order valence-electron chi connectivity index (χ4n) is 3.19. The van der Waals surface area contributed by atoms with Crippen molar-refractivity contribution >= 4 is 5.91 Å². The normalized spacial score (nSPS) is 15.4. The molecule has 29 heavy (non-hydrogen) atoms. The lowest BCUT2D eigenvalue weighted by Crippen LogP contribution is -2.53. The number of ether oxygens (including phenoxy) is 1. The Hall–Kier alpha value is -1.83. The highest BCUT2D eigenvalue weighted by Crippen LogP contribution is 2.25. The number of hydrogen-bond donors (Lipinski definition) is 0. The molecule has 0 radical (unpaired) electrons. The van der Waals surface area contributed by atoms with Crippen LogP contribution >= 0.6 is 0 Å². The van der Waals surface area contributed by atoms with Gasteiger partial charge in [-0.05, 0) is 24.8 Å². The van der Waals surface area contributed by atoms with E-state index in [0.717, 1.165) is 6.42 Å². The van der Waals surface area contributed by atoms with Crippen LogP contribution < -0.4 is 4.74 Å². The topological polar surface area (TPSA) is 32.8 Å². The summed E-state index contributed by atoms with van der Waals surface area (Å²) in [4.78, 5) is 15.6. The van der Waals surface area contributed by atoms with Gasteiger partial charge >= 0.3 is 6.18 Å². The highest BCUT2D eigenvalue weighted by molar-refractivity contribution is 5.79. The summed E-state index contributed by atoms with van der Waals surface area (Å²) >= 11 is 0. The van der Waals surface area contributed by atoms with E-state index in [1.165, 1.54) is 18.0 Å². The Morgan fingerprint density at radius 3 is 2.59 bits per heavy atom. The van der Waals surface area contributed by atoms with E-state index >= 15 is 0 Å². The maximum absolute atomic E-state index is 14.3. The first kappa shape index (κ1) is 23.4. The number of nitrogens with zero attached hydrogens (tertiary/aromatic N) is 2. The second-order valence-electron chi connectivity index (χ2n) is 8.15. The van der Waals surface area contributed by atoms with Gasteiger partial charge in [-0.1, -0.05) is 19.9 Å². The zero-order chi connectivity index (χ0) is 21.6. The maximum atomic E-state index is 14.3. The summed E-state index contributed by atoms with van der Waals surface area (Å²) in [7, 11) is 1.53. The third kappa shape index (κ3) is 7.84. The second kappa shape index (κ2) is 10.3. The molecule has 0 aliphatic carbocycles. The lowest BCUT2D eigenvalue weighted by atomic mass is 9.97. The van der Waals surface area contributed by atoms with Gasteiger partial charge in [-0.2, -0.15) is 13.2 Å². The van der Waals surface area contributed by atoms with Crippen molar-refractivity contribution in [2.45, 2.75) is 45.8 Å². The molecule has 0 bridgehead atoms. The first-order valence-electron chi connectivity index (χ1n) is 10.0.